The molecule has 3 nitrogen and oxygen atoms in total. The number of anilines is 1. The molecule has 96 valence electrons. The molecular weight excluding hydrogens is 212 g/mol. The second-order valence-electron chi connectivity index (χ2n) is 4.54. The smallest absolute Gasteiger partial charge is 0.142 e. The summed E-state index contributed by atoms with van der Waals surface area (Å²) in [4.78, 5) is 0. The number of ether oxygens (including phenoxy) is 1. The Morgan fingerprint density at radius 1 is 1.29 bits per heavy atom. The lowest BCUT2D eigenvalue weighted by molar-refractivity contribution is 0.415. The van der Waals surface area contributed by atoms with Crippen LogP contribution in [-0.2, 0) is 0 Å². The van der Waals surface area contributed by atoms with Crippen molar-refractivity contribution in [2.45, 2.75) is 32.6 Å². The maximum atomic E-state index is 5.46. The fourth-order valence-corrected chi connectivity index (χ4v) is 1.71. The number of benzene rings is 1. The van der Waals surface area contributed by atoms with E-state index >= 15 is 0 Å². The van der Waals surface area contributed by atoms with Crippen LogP contribution in [0.2, 0.25) is 0 Å². The summed E-state index contributed by atoms with van der Waals surface area (Å²) < 4.78 is 5.41. The van der Waals surface area contributed by atoms with Gasteiger partial charge < -0.3 is 15.8 Å². The van der Waals surface area contributed by atoms with Crippen LogP contribution in [0, 0.1) is 0 Å². The molecule has 1 rings (SSSR count). The zero-order valence-corrected chi connectivity index (χ0v) is 11.1. The van der Waals surface area contributed by atoms with E-state index in [2.05, 4.69) is 37.4 Å². The average Bonchev–Trinajstić information content (AvgIpc) is 2.34. The van der Waals surface area contributed by atoms with Crippen molar-refractivity contribution in [3.8, 4) is 5.75 Å². The van der Waals surface area contributed by atoms with Crippen LogP contribution in [0.15, 0.2) is 18.2 Å². The molecule has 0 unspecified atom stereocenters. The van der Waals surface area contributed by atoms with E-state index in [1.165, 1.54) is 5.56 Å². The summed E-state index contributed by atoms with van der Waals surface area (Å²) in [5, 5.41) is 3.38. The molecule has 0 aliphatic heterocycles. The second-order valence-corrected chi connectivity index (χ2v) is 4.54. The Bertz CT molecular complexity index is 337. The molecule has 3 heteroatoms. The molecule has 17 heavy (non-hydrogen) atoms. The van der Waals surface area contributed by atoms with Gasteiger partial charge in [0.2, 0.25) is 0 Å². The topological polar surface area (TPSA) is 47.3 Å². The van der Waals surface area contributed by atoms with Gasteiger partial charge in [-0.1, -0.05) is 19.9 Å². The maximum absolute atomic E-state index is 5.46. The van der Waals surface area contributed by atoms with Crippen molar-refractivity contribution >= 4 is 5.69 Å². The van der Waals surface area contributed by atoms with Crippen molar-refractivity contribution in [1.29, 1.82) is 0 Å². The number of unbranched alkanes of at least 4 members (excludes halogenated alkanes) is 1. The molecule has 0 atom stereocenters. The van der Waals surface area contributed by atoms with Gasteiger partial charge in [-0.15, -0.1) is 0 Å². The van der Waals surface area contributed by atoms with Crippen LogP contribution >= 0.6 is 0 Å². The molecule has 0 heterocycles. The summed E-state index contributed by atoms with van der Waals surface area (Å²) in [6.07, 6.45) is 2.14. The number of nitrogens with one attached hydrogen (secondary N) is 1. The highest BCUT2D eigenvalue weighted by Crippen LogP contribution is 2.28. The summed E-state index contributed by atoms with van der Waals surface area (Å²) in [6.45, 7) is 6.06. The van der Waals surface area contributed by atoms with Gasteiger partial charge in [-0.3, -0.25) is 0 Å². The van der Waals surface area contributed by atoms with Crippen LogP contribution in [0.25, 0.3) is 0 Å². The van der Waals surface area contributed by atoms with Gasteiger partial charge in [0, 0.05) is 6.54 Å². The van der Waals surface area contributed by atoms with Gasteiger partial charge >= 0.3 is 0 Å². The van der Waals surface area contributed by atoms with Gasteiger partial charge in [0.05, 0.1) is 12.8 Å². The van der Waals surface area contributed by atoms with Gasteiger partial charge in [0.15, 0.2) is 0 Å². The third-order valence-electron chi connectivity index (χ3n) is 2.84. The van der Waals surface area contributed by atoms with Gasteiger partial charge in [-0.2, -0.15) is 0 Å². The summed E-state index contributed by atoms with van der Waals surface area (Å²) in [6, 6.07) is 6.35. The minimum Gasteiger partial charge on any atom is -0.495 e. The first-order chi connectivity index (χ1) is 8.19. The molecule has 0 radical (unpaired) electrons. The molecule has 0 bridgehead atoms. The highest BCUT2D eigenvalue weighted by Gasteiger charge is 2.06. The highest BCUT2D eigenvalue weighted by molar-refractivity contribution is 5.58. The standard InChI is InChI=1S/C14H24N2O/c1-11(2)12-6-7-13(14(10-12)17-3)16-9-5-4-8-15/h6-7,10-11,16H,4-5,8-9,15H2,1-3H3. The summed E-state index contributed by atoms with van der Waals surface area (Å²) >= 11 is 0. The Morgan fingerprint density at radius 2 is 2.06 bits per heavy atom. The van der Waals surface area contributed by atoms with Gasteiger partial charge in [-0.25, -0.2) is 0 Å². The molecule has 0 amide bonds. The first-order valence-corrected chi connectivity index (χ1v) is 6.31. The van der Waals surface area contributed by atoms with Gasteiger partial charge in [0.25, 0.3) is 0 Å². The molecule has 0 saturated carbocycles. The van der Waals surface area contributed by atoms with E-state index in [1.807, 2.05) is 0 Å². The lowest BCUT2D eigenvalue weighted by Gasteiger charge is -2.14. The zero-order chi connectivity index (χ0) is 12.7. The number of hydrogen-bond acceptors (Lipinski definition) is 3. The third-order valence-corrected chi connectivity index (χ3v) is 2.84. The maximum Gasteiger partial charge on any atom is 0.142 e. The Kier molecular flexibility index (Phi) is 5.84. The van der Waals surface area contributed by atoms with Crippen LogP contribution in [0.1, 0.15) is 38.2 Å². The predicted octanol–water partition coefficient (Wildman–Crippen LogP) is 2.97. The number of rotatable bonds is 7. The van der Waals surface area contributed by atoms with Crippen molar-refractivity contribution in [3.63, 3.8) is 0 Å². The zero-order valence-electron chi connectivity index (χ0n) is 11.1. The first-order valence-electron chi connectivity index (χ1n) is 6.31. The highest BCUT2D eigenvalue weighted by atomic mass is 16.5. The summed E-state index contributed by atoms with van der Waals surface area (Å²) in [5.41, 5.74) is 7.83. The molecule has 0 saturated heterocycles. The van der Waals surface area contributed by atoms with Gasteiger partial charge in [-0.05, 0) is 43.0 Å². The van der Waals surface area contributed by atoms with Gasteiger partial charge in [0.1, 0.15) is 5.75 Å². The monoisotopic (exact) mass is 236 g/mol. The van der Waals surface area contributed by atoms with E-state index in [9.17, 15) is 0 Å². The lowest BCUT2D eigenvalue weighted by Crippen LogP contribution is -2.06. The molecule has 0 fully saturated rings. The van der Waals surface area contributed by atoms with E-state index in [1.54, 1.807) is 7.11 Å². The third kappa shape index (κ3) is 4.27. The normalized spacial score (nSPS) is 10.6. The largest absolute Gasteiger partial charge is 0.495 e. The Balaban J connectivity index is 2.65. The number of methoxy groups -OCH3 is 1. The summed E-state index contributed by atoms with van der Waals surface area (Å²) in [5.74, 6) is 1.44. The molecule has 0 aliphatic carbocycles. The molecular formula is C14H24N2O. The Labute approximate surface area is 104 Å². The van der Waals surface area contributed by atoms with E-state index < -0.39 is 0 Å². The SMILES string of the molecule is COc1cc(C(C)C)ccc1NCCCCN. The molecule has 0 aliphatic rings. The molecule has 1 aromatic rings. The quantitative estimate of drug-likeness (QED) is 0.715. The van der Waals surface area contributed by atoms with Crippen LogP contribution in [0.3, 0.4) is 0 Å². The van der Waals surface area contributed by atoms with E-state index in [0.29, 0.717) is 5.92 Å². The molecule has 1 aromatic carbocycles. The molecule has 3 N–H and O–H groups in total. The average molecular weight is 236 g/mol. The molecule has 0 aromatic heterocycles. The number of hydrogen-bond donors (Lipinski definition) is 2. The second kappa shape index (κ2) is 7.17. The lowest BCUT2D eigenvalue weighted by atomic mass is 10.0. The fourth-order valence-electron chi connectivity index (χ4n) is 1.71. The minimum atomic E-state index is 0.523. The van der Waals surface area contributed by atoms with Crippen molar-refractivity contribution in [2.75, 3.05) is 25.5 Å². The van der Waals surface area contributed by atoms with Crippen molar-refractivity contribution in [2.24, 2.45) is 5.73 Å². The van der Waals surface area contributed by atoms with Crippen molar-refractivity contribution in [3.05, 3.63) is 23.8 Å². The van der Waals surface area contributed by atoms with E-state index in [0.717, 1.165) is 37.4 Å². The van der Waals surface area contributed by atoms with E-state index in [4.69, 9.17) is 10.5 Å². The van der Waals surface area contributed by atoms with Crippen LogP contribution in [0.5, 0.6) is 5.75 Å². The first kappa shape index (κ1) is 13.8. The van der Waals surface area contributed by atoms with Crippen LogP contribution < -0.4 is 15.8 Å². The van der Waals surface area contributed by atoms with Crippen LogP contribution in [-0.4, -0.2) is 20.2 Å². The predicted molar refractivity (Wildman–Crippen MR) is 73.9 cm³/mol. The number of nitrogens with two attached hydrogens (primary N) is 1. The van der Waals surface area contributed by atoms with Crippen LogP contribution in [0.4, 0.5) is 5.69 Å². The molecule has 0 spiro atoms. The van der Waals surface area contributed by atoms with Crippen molar-refractivity contribution in [1.82, 2.24) is 0 Å². The van der Waals surface area contributed by atoms with Crippen molar-refractivity contribution < 1.29 is 4.74 Å². The minimum absolute atomic E-state index is 0.523. The van der Waals surface area contributed by atoms with E-state index in [-0.39, 0.29) is 0 Å². The summed E-state index contributed by atoms with van der Waals surface area (Å²) in [7, 11) is 1.71. The fraction of sp³-hybridized carbons (Fsp3) is 0.571. The Morgan fingerprint density at radius 3 is 2.65 bits per heavy atom. The Hall–Kier alpha value is -1.22.